The van der Waals surface area contributed by atoms with E-state index in [4.69, 9.17) is 4.74 Å². The molecule has 1 fully saturated rings. The van der Waals surface area contributed by atoms with E-state index in [9.17, 15) is 0 Å². The largest absolute Gasteiger partial charge is 0.497 e. The van der Waals surface area contributed by atoms with Crippen LogP contribution in [0.2, 0.25) is 0 Å². The molecule has 0 radical (unpaired) electrons. The first-order valence-electron chi connectivity index (χ1n) is 7.51. The van der Waals surface area contributed by atoms with Gasteiger partial charge in [0, 0.05) is 25.4 Å². The Kier molecular flexibility index (Phi) is 6.73. The molecule has 0 aliphatic carbocycles. The van der Waals surface area contributed by atoms with Crippen LogP contribution in [0, 0.1) is 0 Å². The van der Waals surface area contributed by atoms with Crippen molar-refractivity contribution in [1.82, 2.24) is 10.6 Å². The van der Waals surface area contributed by atoms with Gasteiger partial charge in [0.05, 0.1) is 7.11 Å². The van der Waals surface area contributed by atoms with Crippen molar-refractivity contribution in [3.63, 3.8) is 0 Å². The number of nitrogens with one attached hydrogen (secondary N) is 2. The van der Waals surface area contributed by atoms with Gasteiger partial charge in [-0.15, -0.1) is 0 Å². The van der Waals surface area contributed by atoms with Crippen molar-refractivity contribution in [3.8, 4) is 5.75 Å². The molecule has 0 saturated carbocycles. The Hall–Kier alpha value is -1.36. The zero-order chi connectivity index (χ0) is 14.9. The molecule has 1 unspecified atom stereocenters. The van der Waals surface area contributed by atoms with Crippen LogP contribution >= 0.6 is 11.8 Å². The van der Waals surface area contributed by atoms with Gasteiger partial charge >= 0.3 is 0 Å². The van der Waals surface area contributed by atoms with Gasteiger partial charge in [-0.2, -0.15) is 11.8 Å². The van der Waals surface area contributed by atoms with Gasteiger partial charge in [0.1, 0.15) is 5.75 Å². The number of thioether (sulfide) groups is 1. The predicted octanol–water partition coefficient (Wildman–Crippen LogP) is 2.30. The lowest BCUT2D eigenvalue weighted by Crippen LogP contribution is -2.40. The predicted molar refractivity (Wildman–Crippen MR) is 91.5 cm³/mol. The number of hydrogen-bond acceptors (Lipinski definition) is 3. The lowest BCUT2D eigenvalue weighted by Gasteiger charge is -2.14. The van der Waals surface area contributed by atoms with Gasteiger partial charge in [-0.25, -0.2) is 0 Å². The van der Waals surface area contributed by atoms with Gasteiger partial charge in [0.2, 0.25) is 0 Å². The zero-order valence-corrected chi connectivity index (χ0v) is 13.7. The van der Waals surface area contributed by atoms with Crippen LogP contribution < -0.4 is 15.4 Å². The first-order valence-corrected chi connectivity index (χ1v) is 8.55. The average molecular weight is 307 g/mol. The van der Waals surface area contributed by atoms with Crippen molar-refractivity contribution in [1.29, 1.82) is 0 Å². The zero-order valence-electron chi connectivity index (χ0n) is 12.9. The highest BCUT2D eigenvalue weighted by molar-refractivity contribution is 8.00. The summed E-state index contributed by atoms with van der Waals surface area (Å²) < 4.78 is 5.16. The molecule has 2 rings (SSSR count). The number of benzene rings is 1. The van der Waals surface area contributed by atoms with E-state index in [1.807, 2.05) is 19.2 Å². The molecule has 1 aliphatic rings. The lowest BCUT2D eigenvalue weighted by molar-refractivity contribution is 0.414. The van der Waals surface area contributed by atoms with Crippen LogP contribution in [0.3, 0.4) is 0 Å². The molecule has 0 aromatic heterocycles. The molecule has 1 atom stereocenters. The number of ether oxygens (including phenoxy) is 1. The molecule has 1 aromatic carbocycles. The smallest absolute Gasteiger partial charge is 0.191 e. The Morgan fingerprint density at radius 1 is 1.33 bits per heavy atom. The Labute approximate surface area is 131 Å². The molecule has 2 N–H and O–H groups in total. The highest BCUT2D eigenvalue weighted by atomic mass is 32.2. The summed E-state index contributed by atoms with van der Waals surface area (Å²) in [6.45, 7) is 1.89. The number of hydrogen-bond donors (Lipinski definition) is 2. The minimum Gasteiger partial charge on any atom is -0.497 e. The maximum atomic E-state index is 5.16. The van der Waals surface area contributed by atoms with Gasteiger partial charge in [-0.1, -0.05) is 12.1 Å². The van der Waals surface area contributed by atoms with E-state index in [0.717, 1.165) is 36.5 Å². The van der Waals surface area contributed by atoms with Crippen molar-refractivity contribution >= 4 is 17.7 Å². The molecule has 1 heterocycles. The van der Waals surface area contributed by atoms with Crippen LogP contribution in [-0.2, 0) is 6.42 Å². The summed E-state index contributed by atoms with van der Waals surface area (Å²) in [7, 11) is 3.51. The number of rotatable bonds is 6. The maximum Gasteiger partial charge on any atom is 0.191 e. The van der Waals surface area contributed by atoms with Crippen LogP contribution in [-0.4, -0.2) is 44.2 Å². The molecule has 1 saturated heterocycles. The van der Waals surface area contributed by atoms with Crippen molar-refractivity contribution in [2.45, 2.75) is 24.5 Å². The molecule has 1 aliphatic heterocycles. The monoisotopic (exact) mass is 307 g/mol. The summed E-state index contributed by atoms with van der Waals surface area (Å²) in [6.07, 6.45) is 3.64. The normalized spacial score (nSPS) is 18.6. The minimum atomic E-state index is 0.741. The Morgan fingerprint density at radius 2 is 2.14 bits per heavy atom. The van der Waals surface area contributed by atoms with Gasteiger partial charge < -0.3 is 15.4 Å². The van der Waals surface area contributed by atoms with Crippen molar-refractivity contribution in [2.75, 3.05) is 33.0 Å². The summed E-state index contributed by atoms with van der Waals surface area (Å²) in [5.41, 5.74) is 1.30. The number of methoxy groups -OCH3 is 1. The van der Waals surface area contributed by atoms with Crippen LogP contribution in [0.1, 0.15) is 18.4 Å². The average Bonchev–Trinajstić information content (AvgIpc) is 3.04. The van der Waals surface area contributed by atoms with E-state index >= 15 is 0 Å². The molecule has 0 amide bonds. The summed E-state index contributed by atoms with van der Waals surface area (Å²) in [4.78, 5) is 4.27. The Bertz CT molecular complexity index is 441. The third-order valence-electron chi connectivity index (χ3n) is 3.61. The second-order valence-electron chi connectivity index (χ2n) is 5.11. The molecule has 0 bridgehead atoms. The van der Waals surface area contributed by atoms with Gasteiger partial charge in [-0.3, -0.25) is 4.99 Å². The van der Waals surface area contributed by atoms with Gasteiger partial charge in [0.15, 0.2) is 5.96 Å². The summed E-state index contributed by atoms with van der Waals surface area (Å²) in [5, 5.41) is 7.52. The van der Waals surface area contributed by atoms with Crippen molar-refractivity contribution in [3.05, 3.63) is 29.8 Å². The summed E-state index contributed by atoms with van der Waals surface area (Å²) >= 11 is 2.06. The SMILES string of the molecule is CN=C(NCCc1ccc(OC)cc1)NCC1CCCS1. The van der Waals surface area contributed by atoms with Gasteiger partial charge in [0.25, 0.3) is 0 Å². The van der Waals surface area contributed by atoms with Crippen LogP contribution in [0.5, 0.6) is 5.75 Å². The van der Waals surface area contributed by atoms with Crippen LogP contribution in [0.25, 0.3) is 0 Å². The van der Waals surface area contributed by atoms with E-state index in [1.165, 1.54) is 24.2 Å². The van der Waals surface area contributed by atoms with Crippen LogP contribution in [0.4, 0.5) is 0 Å². The third-order valence-corrected chi connectivity index (χ3v) is 5.01. The molecular formula is C16H25N3OS. The fourth-order valence-electron chi connectivity index (χ4n) is 2.35. The minimum absolute atomic E-state index is 0.741. The first-order chi connectivity index (χ1) is 10.3. The van der Waals surface area contributed by atoms with Crippen molar-refractivity contribution in [2.24, 2.45) is 4.99 Å². The second kappa shape index (κ2) is 8.82. The van der Waals surface area contributed by atoms with Crippen molar-refractivity contribution < 1.29 is 4.74 Å². The first kappa shape index (κ1) is 16.0. The Balaban J connectivity index is 1.67. The lowest BCUT2D eigenvalue weighted by atomic mass is 10.1. The van der Waals surface area contributed by atoms with Crippen LogP contribution in [0.15, 0.2) is 29.3 Å². The highest BCUT2D eigenvalue weighted by Crippen LogP contribution is 2.25. The fourth-order valence-corrected chi connectivity index (χ4v) is 3.56. The number of nitrogens with zero attached hydrogens (tertiary/aromatic N) is 1. The Morgan fingerprint density at radius 3 is 2.76 bits per heavy atom. The quantitative estimate of drug-likeness (QED) is 0.625. The van der Waals surface area contributed by atoms with E-state index in [1.54, 1.807) is 7.11 Å². The topological polar surface area (TPSA) is 45.7 Å². The van der Waals surface area contributed by atoms with Gasteiger partial charge in [-0.05, 0) is 42.7 Å². The molecule has 5 heteroatoms. The molecule has 1 aromatic rings. The molecule has 4 nitrogen and oxygen atoms in total. The number of aliphatic imine (C=N–C) groups is 1. The van der Waals surface area contributed by atoms with E-state index in [0.29, 0.717) is 0 Å². The second-order valence-corrected chi connectivity index (χ2v) is 6.52. The summed E-state index contributed by atoms with van der Waals surface area (Å²) in [6, 6.07) is 8.21. The standard InChI is InChI=1S/C16H25N3OS/c1-17-16(19-12-15-4-3-11-21-15)18-10-9-13-5-7-14(20-2)8-6-13/h5-8,15H,3-4,9-12H2,1-2H3,(H2,17,18,19). The molecule has 116 valence electrons. The fraction of sp³-hybridized carbons (Fsp3) is 0.562. The van der Waals surface area contributed by atoms with E-state index in [-0.39, 0.29) is 0 Å². The maximum absolute atomic E-state index is 5.16. The summed E-state index contributed by atoms with van der Waals surface area (Å²) in [5.74, 6) is 3.10. The molecule has 0 spiro atoms. The molecular weight excluding hydrogens is 282 g/mol. The van der Waals surface area contributed by atoms with E-state index in [2.05, 4.69) is 39.5 Å². The number of guanidine groups is 1. The van der Waals surface area contributed by atoms with E-state index < -0.39 is 0 Å². The molecule has 21 heavy (non-hydrogen) atoms. The third kappa shape index (κ3) is 5.50. The highest BCUT2D eigenvalue weighted by Gasteiger charge is 2.15.